The van der Waals surface area contributed by atoms with Gasteiger partial charge in [-0.15, -0.1) is 0 Å². The van der Waals surface area contributed by atoms with Crippen molar-refractivity contribution >= 4 is 5.97 Å². The first-order chi connectivity index (χ1) is 11.4. The summed E-state index contributed by atoms with van der Waals surface area (Å²) in [7, 11) is 1.42. The number of hydrogen-bond donors (Lipinski definition) is 0. The number of ether oxygens (including phenoxy) is 5. The van der Waals surface area contributed by atoms with Gasteiger partial charge in [0.2, 0.25) is 0 Å². The highest BCUT2D eigenvalue weighted by atomic mass is 16.7. The maximum Gasteiger partial charge on any atom is 0.321 e. The number of hydrogen-bond acceptors (Lipinski definition) is 6. The lowest BCUT2D eigenvalue weighted by molar-refractivity contribution is -0.287. The molecule has 0 aromatic rings. The lowest BCUT2D eigenvalue weighted by atomic mass is 9.51. The molecule has 2 heterocycles. The Morgan fingerprint density at radius 3 is 2.12 bits per heavy atom. The van der Waals surface area contributed by atoms with Crippen molar-refractivity contribution in [1.29, 1.82) is 0 Å². The fourth-order valence-corrected chi connectivity index (χ4v) is 5.34. The zero-order chi connectivity index (χ0) is 17.1. The highest BCUT2D eigenvalue weighted by molar-refractivity contribution is 5.82. The van der Waals surface area contributed by atoms with E-state index in [4.69, 9.17) is 23.7 Å². The average molecular weight is 338 g/mol. The van der Waals surface area contributed by atoms with Gasteiger partial charge in [0.1, 0.15) is 5.41 Å². The van der Waals surface area contributed by atoms with Crippen molar-refractivity contribution in [3.63, 3.8) is 0 Å². The molecular weight excluding hydrogens is 312 g/mol. The molecule has 134 valence electrons. The number of methoxy groups -OCH3 is 1. The van der Waals surface area contributed by atoms with Crippen molar-refractivity contribution in [3.05, 3.63) is 11.6 Å². The van der Waals surface area contributed by atoms with E-state index in [1.807, 2.05) is 6.92 Å². The van der Waals surface area contributed by atoms with Crippen LogP contribution in [0.2, 0.25) is 0 Å². The molecule has 2 spiro atoms. The molecule has 4 rings (SSSR count). The zero-order valence-electron chi connectivity index (χ0n) is 14.7. The Hall–Kier alpha value is -0.950. The quantitative estimate of drug-likeness (QED) is 0.539. The van der Waals surface area contributed by atoms with E-state index in [2.05, 4.69) is 13.0 Å². The Bertz CT molecular complexity index is 572. The normalized spacial score (nSPS) is 39.7. The molecule has 0 radical (unpaired) electrons. The molecule has 2 saturated heterocycles. The van der Waals surface area contributed by atoms with Gasteiger partial charge in [-0.2, -0.15) is 0 Å². The highest BCUT2D eigenvalue weighted by Crippen LogP contribution is 2.65. The Labute approximate surface area is 142 Å². The maximum atomic E-state index is 12.9. The van der Waals surface area contributed by atoms with E-state index in [1.54, 1.807) is 0 Å². The number of fused-ring (bicyclic) bond motifs is 2. The van der Waals surface area contributed by atoms with Gasteiger partial charge in [0.15, 0.2) is 11.6 Å². The van der Waals surface area contributed by atoms with Crippen LogP contribution in [0.5, 0.6) is 0 Å². The number of carbonyl (C=O) groups excluding carboxylic acids is 1. The number of carbonyl (C=O) groups is 1. The summed E-state index contributed by atoms with van der Waals surface area (Å²) in [5, 5.41) is 0. The van der Waals surface area contributed by atoms with Crippen LogP contribution < -0.4 is 0 Å². The van der Waals surface area contributed by atoms with Crippen LogP contribution in [0.3, 0.4) is 0 Å². The van der Waals surface area contributed by atoms with Crippen LogP contribution in [-0.2, 0) is 28.5 Å². The van der Waals surface area contributed by atoms with Gasteiger partial charge >= 0.3 is 5.97 Å². The fourth-order valence-electron chi connectivity index (χ4n) is 5.34. The number of allylic oxidation sites excluding steroid dienone is 1. The summed E-state index contributed by atoms with van der Waals surface area (Å²) in [5.74, 6) is -1.94. The molecule has 0 N–H and O–H groups in total. The standard InChI is InChI=1S/C18H26O6/c1-15-7-8-18(23-11-12-24-18)16(2,14(19)20-3)13(15)5-4-6-17(15)21-9-10-22-17/h5H,4,6-12H2,1-3H3/t15-,16+/m1/s1. The molecular formula is C18H26O6. The lowest BCUT2D eigenvalue weighted by Gasteiger charge is -2.59. The van der Waals surface area contributed by atoms with Crippen LogP contribution in [0.1, 0.15) is 39.5 Å². The van der Waals surface area contributed by atoms with E-state index in [-0.39, 0.29) is 5.97 Å². The molecule has 2 atom stereocenters. The fraction of sp³-hybridized carbons (Fsp3) is 0.833. The summed E-state index contributed by atoms with van der Waals surface area (Å²) in [6.45, 7) is 6.21. The first-order valence-corrected chi connectivity index (χ1v) is 8.80. The topological polar surface area (TPSA) is 63.2 Å². The summed E-state index contributed by atoms with van der Waals surface area (Å²) < 4.78 is 29.5. The lowest BCUT2D eigenvalue weighted by Crippen LogP contribution is -2.65. The predicted molar refractivity (Wildman–Crippen MR) is 84.1 cm³/mol. The highest BCUT2D eigenvalue weighted by Gasteiger charge is 2.71. The minimum Gasteiger partial charge on any atom is -0.468 e. The molecule has 0 aromatic carbocycles. The van der Waals surface area contributed by atoms with E-state index in [1.165, 1.54) is 7.11 Å². The summed E-state index contributed by atoms with van der Waals surface area (Å²) >= 11 is 0. The number of esters is 1. The van der Waals surface area contributed by atoms with Gasteiger partial charge in [0, 0.05) is 18.3 Å². The molecule has 0 aromatic heterocycles. The summed E-state index contributed by atoms with van der Waals surface area (Å²) in [6.07, 6.45) is 5.15. The first kappa shape index (κ1) is 16.5. The van der Waals surface area contributed by atoms with Crippen molar-refractivity contribution in [2.24, 2.45) is 10.8 Å². The Morgan fingerprint density at radius 2 is 1.54 bits per heavy atom. The molecule has 0 amide bonds. The molecule has 3 fully saturated rings. The van der Waals surface area contributed by atoms with Crippen LogP contribution in [0.4, 0.5) is 0 Å². The Morgan fingerprint density at radius 1 is 0.958 bits per heavy atom. The summed E-state index contributed by atoms with van der Waals surface area (Å²) in [5.41, 5.74) is -0.428. The minimum atomic E-state index is -1.01. The van der Waals surface area contributed by atoms with E-state index < -0.39 is 22.4 Å². The van der Waals surface area contributed by atoms with Crippen molar-refractivity contribution in [2.75, 3.05) is 33.5 Å². The van der Waals surface area contributed by atoms with Crippen molar-refractivity contribution in [3.8, 4) is 0 Å². The average Bonchev–Trinajstić information content (AvgIpc) is 3.24. The van der Waals surface area contributed by atoms with Crippen molar-refractivity contribution in [2.45, 2.75) is 51.1 Å². The van der Waals surface area contributed by atoms with Gasteiger partial charge in [0.05, 0.1) is 33.5 Å². The van der Waals surface area contributed by atoms with E-state index in [9.17, 15) is 4.79 Å². The van der Waals surface area contributed by atoms with Gasteiger partial charge in [-0.05, 0) is 25.3 Å². The largest absolute Gasteiger partial charge is 0.468 e. The summed E-state index contributed by atoms with van der Waals surface area (Å²) in [6, 6.07) is 0. The second-order valence-electron chi connectivity index (χ2n) is 7.50. The van der Waals surface area contributed by atoms with Crippen molar-refractivity contribution < 1.29 is 28.5 Å². The van der Waals surface area contributed by atoms with Gasteiger partial charge in [-0.3, -0.25) is 4.79 Å². The van der Waals surface area contributed by atoms with Crippen molar-refractivity contribution in [1.82, 2.24) is 0 Å². The van der Waals surface area contributed by atoms with Gasteiger partial charge in [0.25, 0.3) is 0 Å². The van der Waals surface area contributed by atoms with Crippen LogP contribution >= 0.6 is 0 Å². The third-order valence-electron chi connectivity index (χ3n) is 6.61. The second-order valence-corrected chi connectivity index (χ2v) is 7.50. The monoisotopic (exact) mass is 338 g/mol. The molecule has 2 aliphatic carbocycles. The zero-order valence-corrected chi connectivity index (χ0v) is 14.7. The van der Waals surface area contributed by atoms with Gasteiger partial charge in [-0.25, -0.2) is 0 Å². The smallest absolute Gasteiger partial charge is 0.321 e. The van der Waals surface area contributed by atoms with Crippen LogP contribution in [0, 0.1) is 10.8 Å². The molecule has 6 nitrogen and oxygen atoms in total. The van der Waals surface area contributed by atoms with Gasteiger partial charge in [-0.1, -0.05) is 13.0 Å². The van der Waals surface area contributed by atoms with E-state index in [0.717, 1.165) is 24.8 Å². The SMILES string of the molecule is COC(=O)[C@]1(C)C2=CCCC3(OCCO3)[C@]2(C)CCC12OCCO2. The first-order valence-electron chi connectivity index (χ1n) is 8.80. The molecule has 4 aliphatic rings. The van der Waals surface area contributed by atoms with E-state index >= 15 is 0 Å². The Balaban J connectivity index is 1.86. The minimum absolute atomic E-state index is 0.323. The Kier molecular flexibility index (Phi) is 3.63. The predicted octanol–water partition coefficient (Wildman–Crippen LogP) is 2.17. The molecule has 1 saturated carbocycles. The van der Waals surface area contributed by atoms with Crippen LogP contribution in [-0.4, -0.2) is 51.1 Å². The molecule has 24 heavy (non-hydrogen) atoms. The molecule has 0 bridgehead atoms. The second kappa shape index (κ2) is 5.27. The number of rotatable bonds is 1. The molecule has 2 aliphatic heterocycles. The summed E-state index contributed by atoms with van der Waals surface area (Å²) in [4.78, 5) is 12.9. The van der Waals surface area contributed by atoms with Gasteiger partial charge < -0.3 is 23.7 Å². The van der Waals surface area contributed by atoms with Crippen LogP contribution in [0.25, 0.3) is 0 Å². The third kappa shape index (κ3) is 1.77. The van der Waals surface area contributed by atoms with E-state index in [0.29, 0.717) is 32.8 Å². The maximum absolute atomic E-state index is 12.9. The van der Waals surface area contributed by atoms with Crippen LogP contribution in [0.15, 0.2) is 11.6 Å². The molecule has 6 heteroatoms. The third-order valence-corrected chi connectivity index (χ3v) is 6.61. The molecule has 0 unspecified atom stereocenters.